The van der Waals surface area contributed by atoms with E-state index in [4.69, 9.17) is 5.11 Å². The molecule has 4 heteroatoms. The molecule has 0 spiro atoms. The number of carboxylic acid groups (broad SMARTS) is 1. The lowest BCUT2D eigenvalue weighted by molar-refractivity contribution is -0.140. The first-order valence-electron chi connectivity index (χ1n) is 4.69. The average Bonchev–Trinajstić information content (AvgIpc) is 2.93. The molecule has 2 unspecified atom stereocenters. The van der Waals surface area contributed by atoms with Crippen LogP contribution in [0.4, 0.5) is 0 Å². The maximum Gasteiger partial charge on any atom is 0.307 e. The Bertz CT molecular complexity index is 247. The second kappa shape index (κ2) is 3.01. The third-order valence-corrected chi connectivity index (χ3v) is 2.71. The first-order valence-corrected chi connectivity index (χ1v) is 4.69. The van der Waals surface area contributed by atoms with E-state index in [9.17, 15) is 9.59 Å². The summed E-state index contributed by atoms with van der Waals surface area (Å²) in [6.07, 6.45) is 2.92. The molecule has 0 radical (unpaired) electrons. The lowest BCUT2D eigenvalue weighted by atomic mass is 10.3. The molecular weight excluding hydrogens is 170 g/mol. The van der Waals surface area contributed by atoms with Crippen molar-refractivity contribution in [1.82, 2.24) is 5.32 Å². The van der Waals surface area contributed by atoms with Crippen molar-refractivity contribution in [2.24, 2.45) is 17.8 Å². The summed E-state index contributed by atoms with van der Waals surface area (Å²) in [6.45, 7) is 0.738. The molecule has 0 aromatic rings. The minimum Gasteiger partial charge on any atom is -0.481 e. The standard InChI is InChI=1S/C9H13NO3/c11-8(10-4-5-1-2-5)6-3-7(6)9(12)13/h5-7H,1-4H2,(H,10,11)(H,12,13). The van der Waals surface area contributed by atoms with E-state index in [1.165, 1.54) is 12.8 Å². The summed E-state index contributed by atoms with van der Waals surface area (Å²) >= 11 is 0. The molecule has 2 atom stereocenters. The number of aliphatic carboxylic acids is 1. The predicted molar refractivity (Wildman–Crippen MR) is 45.0 cm³/mol. The van der Waals surface area contributed by atoms with E-state index in [0.717, 1.165) is 6.54 Å². The summed E-state index contributed by atoms with van der Waals surface area (Å²) in [5.74, 6) is -0.924. The first-order chi connectivity index (χ1) is 6.18. The van der Waals surface area contributed by atoms with Gasteiger partial charge < -0.3 is 10.4 Å². The highest BCUT2D eigenvalue weighted by molar-refractivity contribution is 5.89. The topological polar surface area (TPSA) is 66.4 Å². The van der Waals surface area contributed by atoms with Gasteiger partial charge in [-0.3, -0.25) is 9.59 Å². The smallest absolute Gasteiger partial charge is 0.307 e. The van der Waals surface area contributed by atoms with Crippen molar-refractivity contribution in [2.75, 3.05) is 6.54 Å². The van der Waals surface area contributed by atoms with Gasteiger partial charge in [-0.2, -0.15) is 0 Å². The molecule has 2 N–H and O–H groups in total. The molecule has 0 aromatic carbocycles. The minimum absolute atomic E-state index is 0.0701. The molecule has 2 saturated carbocycles. The van der Waals surface area contributed by atoms with Crippen LogP contribution >= 0.6 is 0 Å². The summed E-state index contributed by atoms with van der Waals surface area (Å²) in [7, 11) is 0. The molecule has 2 aliphatic carbocycles. The fourth-order valence-corrected chi connectivity index (χ4v) is 1.46. The summed E-state index contributed by atoms with van der Waals surface area (Å²) in [5.41, 5.74) is 0. The number of hydrogen-bond donors (Lipinski definition) is 2. The van der Waals surface area contributed by atoms with Gasteiger partial charge in [0.25, 0.3) is 0 Å². The molecule has 0 bridgehead atoms. The monoisotopic (exact) mass is 183 g/mol. The van der Waals surface area contributed by atoms with Crippen molar-refractivity contribution in [3.8, 4) is 0 Å². The third-order valence-electron chi connectivity index (χ3n) is 2.71. The van der Waals surface area contributed by atoms with Gasteiger partial charge in [-0.05, 0) is 25.2 Å². The SMILES string of the molecule is O=C(O)C1CC1C(=O)NCC1CC1. The van der Waals surface area contributed by atoms with E-state index in [-0.39, 0.29) is 11.8 Å². The first kappa shape index (κ1) is 8.53. The summed E-state index contributed by atoms with van der Waals surface area (Å²) in [5, 5.41) is 11.4. The lowest BCUT2D eigenvalue weighted by Gasteiger charge is -2.01. The Balaban J connectivity index is 1.69. The fourth-order valence-electron chi connectivity index (χ4n) is 1.46. The van der Waals surface area contributed by atoms with Crippen LogP contribution in [0.2, 0.25) is 0 Å². The third kappa shape index (κ3) is 1.99. The van der Waals surface area contributed by atoms with Gasteiger partial charge in [0.2, 0.25) is 5.91 Å². The van der Waals surface area contributed by atoms with Crippen molar-refractivity contribution in [2.45, 2.75) is 19.3 Å². The molecule has 72 valence electrons. The maximum absolute atomic E-state index is 11.3. The Hall–Kier alpha value is -1.06. The van der Waals surface area contributed by atoms with Crippen molar-refractivity contribution in [1.29, 1.82) is 0 Å². The van der Waals surface area contributed by atoms with E-state index in [1.54, 1.807) is 0 Å². The molecule has 0 aliphatic heterocycles. The van der Waals surface area contributed by atoms with Crippen LogP contribution < -0.4 is 5.32 Å². The zero-order chi connectivity index (χ0) is 9.42. The van der Waals surface area contributed by atoms with Crippen molar-refractivity contribution in [3.63, 3.8) is 0 Å². The van der Waals surface area contributed by atoms with Gasteiger partial charge in [0.05, 0.1) is 11.8 Å². The number of amides is 1. The maximum atomic E-state index is 11.3. The molecule has 4 nitrogen and oxygen atoms in total. The van der Waals surface area contributed by atoms with Crippen LogP contribution in [0, 0.1) is 17.8 Å². The molecule has 2 rings (SSSR count). The molecule has 1 amide bonds. The van der Waals surface area contributed by atoms with Crippen LogP contribution in [-0.2, 0) is 9.59 Å². The quantitative estimate of drug-likeness (QED) is 0.655. The molecular formula is C9H13NO3. The Kier molecular flexibility index (Phi) is 1.98. The zero-order valence-corrected chi connectivity index (χ0v) is 7.32. The lowest BCUT2D eigenvalue weighted by Crippen LogP contribution is -2.28. The second-order valence-corrected chi connectivity index (χ2v) is 3.98. The number of carboxylic acids is 1. The number of carbonyl (C=O) groups excluding carboxylic acids is 1. The summed E-state index contributed by atoms with van der Waals surface area (Å²) in [4.78, 5) is 21.7. The largest absolute Gasteiger partial charge is 0.481 e. The molecule has 0 heterocycles. The van der Waals surface area contributed by atoms with E-state index >= 15 is 0 Å². The van der Waals surface area contributed by atoms with E-state index in [0.29, 0.717) is 12.3 Å². The highest BCUT2D eigenvalue weighted by Gasteiger charge is 2.48. The minimum atomic E-state index is -0.841. The van der Waals surface area contributed by atoms with Crippen LogP contribution in [0.1, 0.15) is 19.3 Å². The van der Waals surface area contributed by atoms with E-state index in [2.05, 4.69) is 5.32 Å². The van der Waals surface area contributed by atoms with Gasteiger partial charge in [0, 0.05) is 6.54 Å². The zero-order valence-electron chi connectivity index (χ0n) is 7.32. The highest BCUT2D eigenvalue weighted by Crippen LogP contribution is 2.39. The van der Waals surface area contributed by atoms with Gasteiger partial charge in [0.1, 0.15) is 0 Å². The Morgan fingerprint density at radius 1 is 1.31 bits per heavy atom. The van der Waals surface area contributed by atoms with Crippen LogP contribution in [0.25, 0.3) is 0 Å². The number of carbonyl (C=O) groups is 2. The molecule has 0 saturated heterocycles. The van der Waals surface area contributed by atoms with Gasteiger partial charge >= 0.3 is 5.97 Å². The molecule has 13 heavy (non-hydrogen) atoms. The van der Waals surface area contributed by atoms with Gasteiger partial charge in [-0.1, -0.05) is 0 Å². The van der Waals surface area contributed by atoms with Crippen molar-refractivity contribution >= 4 is 11.9 Å². The average molecular weight is 183 g/mol. The van der Waals surface area contributed by atoms with Gasteiger partial charge in [-0.15, -0.1) is 0 Å². The molecule has 0 aromatic heterocycles. The van der Waals surface area contributed by atoms with Crippen molar-refractivity contribution in [3.05, 3.63) is 0 Å². The Labute approximate surface area is 76.3 Å². The normalized spacial score (nSPS) is 31.1. The van der Waals surface area contributed by atoms with Crippen LogP contribution in [-0.4, -0.2) is 23.5 Å². The second-order valence-electron chi connectivity index (χ2n) is 3.98. The van der Waals surface area contributed by atoms with Crippen LogP contribution in [0.5, 0.6) is 0 Å². The Morgan fingerprint density at radius 3 is 2.46 bits per heavy atom. The van der Waals surface area contributed by atoms with Crippen molar-refractivity contribution < 1.29 is 14.7 Å². The van der Waals surface area contributed by atoms with Gasteiger partial charge in [0.15, 0.2) is 0 Å². The predicted octanol–water partition coefficient (Wildman–Crippen LogP) is 0.233. The number of hydrogen-bond acceptors (Lipinski definition) is 2. The number of nitrogens with one attached hydrogen (secondary N) is 1. The van der Waals surface area contributed by atoms with E-state index in [1.807, 2.05) is 0 Å². The number of rotatable bonds is 4. The summed E-state index contributed by atoms with van der Waals surface area (Å²) < 4.78 is 0. The van der Waals surface area contributed by atoms with Crippen LogP contribution in [0.15, 0.2) is 0 Å². The molecule has 2 aliphatic rings. The van der Waals surface area contributed by atoms with Crippen LogP contribution in [0.3, 0.4) is 0 Å². The Morgan fingerprint density at radius 2 is 2.00 bits per heavy atom. The van der Waals surface area contributed by atoms with Gasteiger partial charge in [-0.25, -0.2) is 0 Å². The fraction of sp³-hybridized carbons (Fsp3) is 0.778. The van der Waals surface area contributed by atoms with E-state index < -0.39 is 11.9 Å². The summed E-state index contributed by atoms with van der Waals surface area (Å²) in [6, 6.07) is 0. The highest BCUT2D eigenvalue weighted by atomic mass is 16.4. The molecule has 2 fully saturated rings.